The van der Waals surface area contributed by atoms with Crippen molar-refractivity contribution in [3.63, 3.8) is 0 Å². The molecule has 134 valence electrons. The number of carbonyl (C=O) groups excluding carboxylic acids is 1. The second kappa shape index (κ2) is 8.92. The van der Waals surface area contributed by atoms with Gasteiger partial charge in [-0.3, -0.25) is 4.79 Å². The molecule has 0 unspecified atom stereocenters. The number of phenolic OH excluding ortho intramolecular Hbond substituents is 1. The van der Waals surface area contributed by atoms with Gasteiger partial charge >= 0.3 is 0 Å². The van der Waals surface area contributed by atoms with E-state index in [2.05, 4.69) is 0 Å². The molecule has 1 heterocycles. The number of aromatic hydroxyl groups is 1. The van der Waals surface area contributed by atoms with Gasteiger partial charge in [-0.1, -0.05) is 0 Å². The standard InChI is InChI=1S/C19H30N2O3/c1-4-21(5-2)19(23)16-9-11-20(12-10-16)14-15-7-8-17(22)18(13-15)24-6-3/h7-8,13,16,22H,4-6,9-12,14H2,1-3H3/p+1. The zero-order valence-corrected chi connectivity index (χ0v) is 15.2. The van der Waals surface area contributed by atoms with Crippen LogP contribution in [0.2, 0.25) is 0 Å². The molecule has 1 aromatic rings. The van der Waals surface area contributed by atoms with Gasteiger partial charge in [-0.25, -0.2) is 0 Å². The molecule has 24 heavy (non-hydrogen) atoms. The number of likely N-dealkylation sites (tertiary alicyclic amines) is 1. The Bertz CT molecular complexity index is 535. The third kappa shape index (κ3) is 4.63. The van der Waals surface area contributed by atoms with Gasteiger partial charge in [0.25, 0.3) is 0 Å². The highest BCUT2D eigenvalue weighted by atomic mass is 16.5. The third-order valence-electron chi connectivity index (χ3n) is 4.90. The summed E-state index contributed by atoms with van der Waals surface area (Å²) in [6.45, 7) is 11.1. The van der Waals surface area contributed by atoms with Crippen LogP contribution in [0.15, 0.2) is 18.2 Å². The van der Waals surface area contributed by atoms with Crippen molar-refractivity contribution in [3.05, 3.63) is 23.8 Å². The molecule has 2 rings (SSSR count). The molecule has 0 aliphatic carbocycles. The van der Waals surface area contributed by atoms with E-state index >= 15 is 0 Å². The zero-order valence-electron chi connectivity index (χ0n) is 15.2. The van der Waals surface area contributed by atoms with Crippen LogP contribution in [0.1, 0.15) is 39.2 Å². The van der Waals surface area contributed by atoms with Crippen molar-refractivity contribution in [1.29, 1.82) is 0 Å². The number of hydrogen-bond acceptors (Lipinski definition) is 3. The minimum atomic E-state index is 0.187. The van der Waals surface area contributed by atoms with Crippen LogP contribution in [-0.4, -0.2) is 48.7 Å². The number of phenols is 1. The van der Waals surface area contributed by atoms with Crippen molar-refractivity contribution in [1.82, 2.24) is 4.90 Å². The summed E-state index contributed by atoms with van der Waals surface area (Å²) in [6, 6.07) is 5.59. The largest absolute Gasteiger partial charge is 0.504 e. The maximum atomic E-state index is 12.5. The quantitative estimate of drug-likeness (QED) is 0.793. The Kier molecular flexibility index (Phi) is 6.91. The number of quaternary nitrogens is 1. The molecule has 2 N–H and O–H groups in total. The highest BCUT2D eigenvalue weighted by Crippen LogP contribution is 2.26. The Morgan fingerprint density at radius 3 is 2.50 bits per heavy atom. The Balaban J connectivity index is 1.89. The third-order valence-corrected chi connectivity index (χ3v) is 4.90. The van der Waals surface area contributed by atoms with E-state index in [0.717, 1.165) is 45.6 Å². The number of nitrogens with zero attached hydrogens (tertiary/aromatic N) is 1. The molecule has 1 saturated heterocycles. The lowest BCUT2D eigenvalue weighted by molar-refractivity contribution is -0.919. The van der Waals surface area contributed by atoms with Crippen molar-refractivity contribution in [2.45, 2.75) is 40.2 Å². The Hall–Kier alpha value is -1.75. The van der Waals surface area contributed by atoms with Crippen molar-refractivity contribution in [3.8, 4) is 11.5 Å². The number of amides is 1. The van der Waals surface area contributed by atoms with E-state index in [0.29, 0.717) is 18.3 Å². The summed E-state index contributed by atoms with van der Waals surface area (Å²) >= 11 is 0. The SMILES string of the molecule is CCOc1cc(C[NH+]2CCC(C(=O)N(CC)CC)CC2)ccc1O. The summed E-state index contributed by atoms with van der Waals surface area (Å²) in [6.07, 6.45) is 1.92. The molecule has 0 atom stereocenters. The molecule has 1 aromatic carbocycles. The number of carbonyl (C=O) groups is 1. The van der Waals surface area contributed by atoms with Gasteiger partial charge in [0.05, 0.1) is 19.7 Å². The predicted octanol–water partition coefficient (Wildman–Crippen LogP) is 1.45. The van der Waals surface area contributed by atoms with E-state index in [4.69, 9.17) is 4.74 Å². The van der Waals surface area contributed by atoms with E-state index in [9.17, 15) is 9.90 Å². The minimum absolute atomic E-state index is 0.187. The summed E-state index contributed by atoms with van der Waals surface area (Å²) in [4.78, 5) is 15.9. The van der Waals surface area contributed by atoms with Gasteiger partial charge < -0.3 is 19.6 Å². The van der Waals surface area contributed by atoms with E-state index in [1.165, 1.54) is 10.5 Å². The first kappa shape index (κ1) is 18.6. The first-order chi connectivity index (χ1) is 11.6. The number of benzene rings is 1. The maximum absolute atomic E-state index is 12.5. The first-order valence-corrected chi connectivity index (χ1v) is 9.16. The molecule has 1 fully saturated rings. The Morgan fingerprint density at radius 2 is 1.92 bits per heavy atom. The van der Waals surface area contributed by atoms with Crippen LogP contribution in [0.3, 0.4) is 0 Å². The average molecular weight is 335 g/mol. The smallest absolute Gasteiger partial charge is 0.226 e. The van der Waals surface area contributed by atoms with Crippen LogP contribution < -0.4 is 9.64 Å². The molecule has 0 saturated carbocycles. The van der Waals surface area contributed by atoms with Crippen molar-refractivity contribution < 1.29 is 19.5 Å². The lowest BCUT2D eigenvalue weighted by Gasteiger charge is -2.31. The molecule has 5 heteroatoms. The summed E-state index contributed by atoms with van der Waals surface area (Å²) in [5.41, 5.74) is 1.17. The summed E-state index contributed by atoms with van der Waals surface area (Å²) in [5, 5.41) is 9.79. The topological polar surface area (TPSA) is 54.2 Å². The predicted molar refractivity (Wildman–Crippen MR) is 94.3 cm³/mol. The van der Waals surface area contributed by atoms with Gasteiger partial charge in [-0.2, -0.15) is 0 Å². The second-order valence-corrected chi connectivity index (χ2v) is 6.45. The molecule has 0 bridgehead atoms. The first-order valence-electron chi connectivity index (χ1n) is 9.16. The van der Waals surface area contributed by atoms with Crippen molar-refractivity contribution in [2.24, 2.45) is 5.92 Å². The fourth-order valence-corrected chi connectivity index (χ4v) is 3.47. The summed E-state index contributed by atoms with van der Waals surface area (Å²) < 4.78 is 5.46. The van der Waals surface area contributed by atoms with Gasteiger partial charge in [-0.15, -0.1) is 0 Å². The van der Waals surface area contributed by atoms with E-state index in [1.54, 1.807) is 6.07 Å². The summed E-state index contributed by atoms with van der Waals surface area (Å²) in [7, 11) is 0. The molecule has 0 radical (unpaired) electrons. The van der Waals surface area contributed by atoms with E-state index < -0.39 is 0 Å². The van der Waals surface area contributed by atoms with E-state index in [1.807, 2.05) is 37.8 Å². The van der Waals surface area contributed by atoms with Crippen molar-refractivity contribution >= 4 is 5.91 Å². The molecule has 0 spiro atoms. The number of hydrogen-bond donors (Lipinski definition) is 2. The molecule has 1 aliphatic rings. The maximum Gasteiger partial charge on any atom is 0.226 e. The fraction of sp³-hybridized carbons (Fsp3) is 0.632. The normalized spacial score (nSPS) is 20.6. The molecular formula is C19H31N2O3+. The molecule has 5 nitrogen and oxygen atoms in total. The average Bonchev–Trinajstić information content (AvgIpc) is 2.60. The number of ether oxygens (including phenoxy) is 1. The minimum Gasteiger partial charge on any atom is -0.504 e. The van der Waals surface area contributed by atoms with Crippen LogP contribution in [0, 0.1) is 5.92 Å². The van der Waals surface area contributed by atoms with Crippen LogP contribution in [0.4, 0.5) is 0 Å². The van der Waals surface area contributed by atoms with Crippen molar-refractivity contribution in [2.75, 3.05) is 32.8 Å². The summed E-state index contributed by atoms with van der Waals surface area (Å²) in [5.74, 6) is 1.26. The lowest BCUT2D eigenvalue weighted by atomic mass is 9.95. The Morgan fingerprint density at radius 1 is 1.25 bits per heavy atom. The van der Waals surface area contributed by atoms with Gasteiger partial charge in [0.1, 0.15) is 6.54 Å². The molecule has 1 aliphatic heterocycles. The van der Waals surface area contributed by atoms with Gasteiger partial charge in [0, 0.05) is 37.4 Å². The highest BCUT2D eigenvalue weighted by molar-refractivity contribution is 5.78. The molecule has 1 amide bonds. The highest BCUT2D eigenvalue weighted by Gasteiger charge is 2.29. The second-order valence-electron chi connectivity index (χ2n) is 6.45. The van der Waals surface area contributed by atoms with Gasteiger partial charge in [0.15, 0.2) is 11.5 Å². The number of rotatable bonds is 7. The van der Waals surface area contributed by atoms with Gasteiger partial charge in [-0.05, 0) is 39.0 Å². The zero-order chi connectivity index (χ0) is 17.5. The monoisotopic (exact) mass is 335 g/mol. The number of piperidine rings is 1. The molecule has 0 aromatic heterocycles. The lowest BCUT2D eigenvalue weighted by Crippen LogP contribution is -3.11. The van der Waals surface area contributed by atoms with E-state index in [-0.39, 0.29) is 11.7 Å². The van der Waals surface area contributed by atoms with Gasteiger partial charge in [0.2, 0.25) is 5.91 Å². The van der Waals surface area contributed by atoms with Crippen LogP contribution in [-0.2, 0) is 11.3 Å². The van der Waals surface area contributed by atoms with Crippen LogP contribution in [0.25, 0.3) is 0 Å². The number of nitrogens with one attached hydrogen (secondary N) is 1. The van der Waals surface area contributed by atoms with Crippen LogP contribution >= 0.6 is 0 Å². The fourth-order valence-electron chi connectivity index (χ4n) is 3.47. The molecular weight excluding hydrogens is 304 g/mol. The van der Waals surface area contributed by atoms with Crippen LogP contribution in [0.5, 0.6) is 11.5 Å². The Labute approximate surface area is 145 Å².